The number of carbonyl (C=O) groups is 2. The van der Waals surface area contributed by atoms with Crippen molar-refractivity contribution in [3.8, 4) is 0 Å². The molecule has 2 heterocycles. The molecule has 0 fully saturated rings. The summed E-state index contributed by atoms with van der Waals surface area (Å²) in [6.45, 7) is 6.53. The molecule has 2 aromatic heterocycles. The number of fused-ring (bicyclic) bond motifs is 1. The van der Waals surface area contributed by atoms with Gasteiger partial charge < -0.3 is 15.1 Å². The number of anilines is 2. The molecule has 34 heavy (non-hydrogen) atoms. The van der Waals surface area contributed by atoms with Gasteiger partial charge in [-0.3, -0.25) is 9.59 Å². The summed E-state index contributed by atoms with van der Waals surface area (Å²) in [5, 5.41) is 5.73. The second kappa shape index (κ2) is 8.94. The van der Waals surface area contributed by atoms with Crippen LogP contribution < -0.4 is 10.6 Å². The van der Waals surface area contributed by atoms with E-state index in [0.29, 0.717) is 22.9 Å². The van der Waals surface area contributed by atoms with Crippen molar-refractivity contribution in [2.75, 3.05) is 10.6 Å². The van der Waals surface area contributed by atoms with Gasteiger partial charge in [-0.1, -0.05) is 26.8 Å². The molecule has 0 bridgehead atoms. The highest BCUT2D eigenvalue weighted by Gasteiger charge is 2.35. The predicted molar refractivity (Wildman–Crippen MR) is 125 cm³/mol. The Morgan fingerprint density at radius 3 is 2.47 bits per heavy atom. The van der Waals surface area contributed by atoms with Gasteiger partial charge in [-0.25, -0.2) is 0 Å². The minimum absolute atomic E-state index is 0.0338. The van der Waals surface area contributed by atoms with Crippen molar-refractivity contribution in [2.45, 2.75) is 46.2 Å². The molecule has 180 valence electrons. The van der Waals surface area contributed by atoms with Crippen LogP contribution in [0.1, 0.15) is 64.1 Å². The van der Waals surface area contributed by atoms with Crippen LogP contribution in [0.3, 0.4) is 0 Å². The third-order valence-electron chi connectivity index (χ3n) is 6.14. The maximum Gasteiger partial charge on any atom is 0.416 e. The normalized spacial score (nSPS) is 16.1. The minimum atomic E-state index is -4.52. The van der Waals surface area contributed by atoms with Crippen molar-refractivity contribution in [1.29, 1.82) is 0 Å². The molecule has 0 spiro atoms. The van der Waals surface area contributed by atoms with Gasteiger partial charge in [0.1, 0.15) is 5.00 Å². The number of rotatable bonds is 4. The van der Waals surface area contributed by atoms with Crippen LogP contribution in [-0.4, -0.2) is 11.8 Å². The fourth-order valence-electron chi connectivity index (χ4n) is 4.19. The second-order valence-corrected chi connectivity index (χ2v) is 10.6. The lowest BCUT2D eigenvalue weighted by Crippen LogP contribution is -2.27. The topological polar surface area (TPSA) is 71.3 Å². The molecular formula is C25H25F3N2O3S. The number of halogens is 3. The highest BCUT2D eigenvalue weighted by Crippen LogP contribution is 2.44. The van der Waals surface area contributed by atoms with E-state index < -0.39 is 23.6 Å². The Morgan fingerprint density at radius 1 is 1.06 bits per heavy atom. The summed E-state index contributed by atoms with van der Waals surface area (Å²) < 4.78 is 44.5. The molecule has 0 aliphatic heterocycles. The highest BCUT2D eigenvalue weighted by molar-refractivity contribution is 7.17. The Hall–Kier alpha value is -3.07. The lowest BCUT2D eigenvalue weighted by atomic mass is 9.72. The quantitative estimate of drug-likeness (QED) is 0.413. The number of furan rings is 1. The summed E-state index contributed by atoms with van der Waals surface area (Å²) in [7, 11) is 0. The Labute approximate surface area is 199 Å². The first-order chi connectivity index (χ1) is 15.9. The molecule has 4 rings (SSSR count). The van der Waals surface area contributed by atoms with Crippen molar-refractivity contribution in [1.82, 2.24) is 0 Å². The molecule has 1 aliphatic rings. The van der Waals surface area contributed by atoms with Crippen LogP contribution in [-0.2, 0) is 19.0 Å². The summed E-state index contributed by atoms with van der Waals surface area (Å²) >= 11 is 1.34. The number of amides is 2. The predicted octanol–water partition coefficient (Wildman–Crippen LogP) is 7.02. The summed E-state index contributed by atoms with van der Waals surface area (Å²) in [5.74, 6) is -0.542. The first kappa shape index (κ1) is 24.1. The van der Waals surface area contributed by atoms with E-state index in [-0.39, 0.29) is 16.9 Å². The monoisotopic (exact) mass is 490 g/mol. The van der Waals surface area contributed by atoms with Crippen molar-refractivity contribution in [3.05, 3.63) is 70.0 Å². The molecule has 0 saturated heterocycles. The summed E-state index contributed by atoms with van der Waals surface area (Å²) in [6.07, 6.45) is -0.849. The molecule has 3 aromatic rings. The molecule has 0 saturated carbocycles. The second-order valence-electron chi connectivity index (χ2n) is 9.48. The van der Waals surface area contributed by atoms with E-state index in [2.05, 4.69) is 31.4 Å². The molecule has 2 amide bonds. The molecule has 0 radical (unpaired) electrons. The zero-order valence-electron chi connectivity index (χ0n) is 19.0. The van der Waals surface area contributed by atoms with E-state index in [9.17, 15) is 22.8 Å². The fourth-order valence-corrected chi connectivity index (χ4v) is 5.51. The molecule has 1 aliphatic carbocycles. The average molecular weight is 491 g/mol. The van der Waals surface area contributed by atoms with Gasteiger partial charge in [0, 0.05) is 10.6 Å². The number of carbonyl (C=O) groups excluding carboxylic acids is 2. The molecular weight excluding hydrogens is 465 g/mol. The van der Waals surface area contributed by atoms with Crippen molar-refractivity contribution < 1.29 is 27.2 Å². The van der Waals surface area contributed by atoms with Crippen LogP contribution in [0.5, 0.6) is 0 Å². The van der Waals surface area contributed by atoms with E-state index in [1.165, 1.54) is 35.8 Å². The van der Waals surface area contributed by atoms with E-state index in [1.54, 1.807) is 6.07 Å². The Morgan fingerprint density at radius 2 is 1.82 bits per heavy atom. The van der Waals surface area contributed by atoms with E-state index in [1.807, 2.05) is 0 Å². The molecule has 0 unspecified atom stereocenters. The zero-order chi connectivity index (χ0) is 24.7. The molecule has 1 atom stereocenters. The van der Waals surface area contributed by atoms with Gasteiger partial charge >= 0.3 is 6.18 Å². The Balaban J connectivity index is 1.68. The Kier molecular flexibility index (Phi) is 6.33. The van der Waals surface area contributed by atoms with Gasteiger partial charge in [0.05, 0.1) is 17.4 Å². The van der Waals surface area contributed by atoms with Crippen LogP contribution in [0.2, 0.25) is 0 Å². The summed E-state index contributed by atoms with van der Waals surface area (Å²) in [4.78, 5) is 27.0. The zero-order valence-corrected chi connectivity index (χ0v) is 19.8. The van der Waals surface area contributed by atoms with Crippen molar-refractivity contribution >= 4 is 33.8 Å². The van der Waals surface area contributed by atoms with Crippen LogP contribution in [0.25, 0.3) is 0 Å². The van der Waals surface area contributed by atoms with Gasteiger partial charge in [-0.05, 0) is 66.5 Å². The van der Waals surface area contributed by atoms with Gasteiger partial charge in [0.25, 0.3) is 11.8 Å². The third-order valence-corrected chi connectivity index (χ3v) is 7.31. The van der Waals surface area contributed by atoms with Crippen LogP contribution in [0.4, 0.5) is 23.9 Å². The van der Waals surface area contributed by atoms with E-state index >= 15 is 0 Å². The molecule has 9 heteroatoms. The molecule has 1 aromatic carbocycles. The van der Waals surface area contributed by atoms with Crippen LogP contribution in [0, 0.1) is 11.3 Å². The smallest absolute Gasteiger partial charge is 0.416 e. The SMILES string of the molecule is CC(C)(C)[C@H]1CCc2c(sc(NC(=O)c3ccco3)c2C(=O)Nc2cccc(C(F)(F)F)c2)C1. The van der Waals surface area contributed by atoms with Gasteiger partial charge in [0.2, 0.25) is 0 Å². The number of benzene rings is 1. The largest absolute Gasteiger partial charge is 0.459 e. The van der Waals surface area contributed by atoms with E-state index in [4.69, 9.17) is 4.42 Å². The lowest BCUT2D eigenvalue weighted by Gasteiger charge is -2.33. The van der Waals surface area contributed by atoms with Crippen molar-refractivity contribution in [2.24, 2.45) is 11.3 Å². The maximum atomic E-state index is 13.3. The first-order valence-corrected chi connectivity index (χ1v) is 11.7. The Bertz CT molecular complexity index is 1210. The van der Waals surface area contributed by atoms with Gasteiger partial charge in [-0.15, -0.1) is 11.3 Å². The summed E-state index contributed by atoms with van der Waals surface area (Å²) in [6, 6.07) is 7.60. The number of hydrogen-bond donors (Lipinski definition) is 2. The van der Waals surface area contributed by atoms with Crippen LogP contribution in [0.15, 0.2) is 47.1 Å². The van der Waals surface area contributed by atoms with Crippen molar-refractivity contribution in [3.63, 3.8) is 0 Å². The van der Waals surface area contributed by atoms with E-state index in [0.717, 1.165) is 35.4 Å². The number of nitrogens with one attached hydrogen (secondary N) is 2. The highest BCUT2D eigenvalue weighted by atomic mass is 32.1. The molecule has 2 N–H and O–H groups in total. The van der Waals surface area contributed by atoms with Gasteiger partial charge in [-0.2, -0.15) is 13.2 Å². The number of alkyl halides is 3. The number of thiophene rings is 1. The van der Waals surface area contributed by atoms with Crippen LogP contribution >= 0.6 is 11.3 Å². The summed E-state index contributed by atoms with van der Waals surface area (Å²) in [5.41, 5.74) is 0.401. The van der Waals surface area contributed by atoms with Gasteiger partial charge in [0.15, 0.2) is 5.76 Å². The fraction of sp³-hybridized carbons (Fsp3) is 0.360. The average Bonchev–Trinajstić information content (AvgIpc) is 3.40. The number of hydrogen-bond acceptors (Lipinski definition) is 4. The third kappa shape index (κ3) is 5.04. The standard InChI is InChI=1S/C25H25F3N2O3S/c1-24(2,3)14-9-10-17-19(13-14)34-23(30-21(31)18-8-5-11-33-18)20(17)22(32)29-16-7-4-6-15(12-16)25(26,27)28/h4-8,11-12,14H,9-10,13H2,1-3H3,(H,29,32)(H,30,31)/t14-/m0/s1. The minimum Gasteiger partial charge on any atom is -0.459 e. The molecule has 5 nitrogen and oxygen atoms in total. The first-order valence-electron chi connectivity index (χ1n) is 10.9. The lowest BCUT2D eigenvalue weighted by molar-refractivity contribution is -0.137. The maximum absolute atomic E-state index is 13.3.